The van der Waals surface area contributed by atoms with Gasteiger partial charge in [-0.15, -0.1) is 0 Å². The molecule has 0 amide bonds. The molecule has 0 bridgehead atoms. The summed E-state index contributed by atoms with van der Waals surface area (Å²) in [6.07, 6.45) is 0. The number of ether oxygens (including phenoxy) is 1. The van der Waals surface area contributed by atoms with E-state index in [1.54, 1.807) is 31.2 Å². The van der Waals surface area contributed by atoms with Gasteiger partial charge in [0.2, 0.25) is 0 Å². The van der Waals surface area contributed by atoms with Gasteiger partial charge in [-0.25, -0.2) is 17.6 Å². The maximum atomic E-state index is 13.8. The molecule has 22 heavy (non-hydrogen) atoms. The van der Waals surface area contributed by atoms with Gasteiger partial charge in [0.15, 0.2) is 0 Å². The van der Waals surface area contributed by atoms with Gasteiger partial charge in [0.25, 0.3) is 10.0 Å². The van der Waals surface area contributed by atoms with E-state index in [0.717, 1.165) is 30.9 Å². The Bertz CT molecular complexity index is 818. The molecule has 2 aromatic carbocycles. The highest BCUT2D eigenvalue weighted by Gasteiger charge is 2.21. The van der Waals surface area contributed by atoms with Crippen LogP contribution in [0.5, 0.6) is 0 Å². The molecular formula is C15H14FNO4S. The highest BCUT2D eigenvalue weighted by molar-refractivity contribution is 7.92. The molecule has 0 atom stereocenters. The lowest BCUT2D eigenvalue weighted by Gasteiger charge is -2.10. The fourth-order valence-corrected chi connectivity index (χ4v) is 3.03. The number of anilines is 1. The van der Waals surface area contributed by atoms with Gasteiger partial charge in [-0.05, 0) is 42.8 Å². The minimum atomic E-state index is -4.16. The maximum Gasteiger partial charge on any atom is 0.337 e. The van der Waals surface area contributed by atoms with E-state index in [4.69, 9.17) is 0 Å². The highest BCUT2D eigenvalue weighted by Crippen LogP contribution is 2.21. The van der Waals surface area contributed by atoms with Crippen molar-refractivity contribution in [2.45, 2.75) is 11.8 Å². The number of halogens is 1. The van der Waals surface area contributed by atoms with E-state index in [0.29, 0.717) is 5.69 Å². The fraction of sp³-hybridized carbons (Fsp3) is 0.133. The van der Waals surface area contributed by atoms with E-state index in [1.165, 1.54) is 0 Å². The number of hydrogen-bond acceptors (Lipinski definition) is 4. The maximum absolute atomic E-state index is 13.8. The Kier molecular flexibility index (Phi) is 4.46. The number of methoxy groups -OCH3 is 1. The van der Waals surface area contributed by atoms with Gasteiger partial charge in [0, 0.05) is 5.69 Å². The molecule has 2 aromatic rings. The summed E-state index contributed by atoms with van der Waals surface area (Å²) in [6.45, 7) is 1.80. The summed E-state index contributed by atoms with van der Waals surface area (Å²) in [7, 11) is -3.00. The molecule has 0 radical (unpaired) electrons. The number of aryl methyl sites for hydroxylation is 1. The van der Waals surface area contributed by atoms with Crippen molar-refractivity contribution in [3.63, 3.8) is 0 Å². The van der Waals surface area contributed by atoms with E-state index in [-0.39, 0.29) is 5.56 Å². The number of sulfonamides is 1. The van der Waals surface area contributed by atoms with Gasteiger partial charge in [0.1, 0.15) is 10.7 Å². The zero-order chi connectivity index (χ0) is 16.3. The second-order valence-corrected chi connectivity index (χ2v) is 6.26. The Morgan fingerprint density at radius 2 is 1.91 bits per heavy atom. The SMILES string of the molecule is COC(=O)c1ccc(F)c(S(=O)(=O)Nc2cccc(C)c2)c1. The molecule has 0 aliphatic rings. The van der Waals surface area contributed by atoms with Gasteiger partial charge >= 0.3 is 5.97 Å². The van der Waals surface area contributed by atoms with Crippen molar-refractivity contribution in [3.05, 3.63) is 59.4 Å². The van der Waals surface area contributed by atoms with Crippen LogP contribution in [0.25, 0.3) is 0 Å². The van der Waals surface area contributed by atoms with Crippen LogP contribution in [0.1, 0.15) is 15.9 Å². The van der Waals surface area contributed by atoms with Gasteiger partial charge in [0.05, 0.1) is 12.7 Å². The lowest BCUT2D eigenvalue weighted by atomic mass is 10.2. The molecule has 0 saturated heterocycles. The molecule has 0 heterocycles. The van der Waals surface area contributed by atoms with Crippen molar-refractivity contribution < 1.29 is 22.3 Å². The first-order chi connectivity index (χ1) is 10.3. The topological polar surface area (TPSA) is 72.5 Å². The molecule has 0 aliphatic carbocycles. The van der Waals surface area contributed by atoms with E-state index in [1.807, 2.05) is 0 Å². The van der Waals surface area contributed by atoms with E-state index in [2.05, 4.69) is 9.46 Å². The molecule has 7 heteroatoms. The standard InChI is InChI=1S/C15H14FNO4S/c1-10-4-3-5-12(8-10)17-22(19,20)14-9-11(15(18)21-2)6-7-13(14)16/h3-9,17H,1-2H3. The minimum absolute atomic E-state index is 0.0477. The Morgan fingerprint density at radius 3 is 2.55 bits per heavy atom. The molecule has 0 fully saturated rings. The molecule has 0 aromatic heterocycles. The van der Waals surface area contributed by atoms with Gasteiger partial charge in [-0.1, -0.05) is 12.1 Å². The summed E-state index contributed by atoms with van der Waals surface area (Å²) < 4.78 is 45.2. The number of hydrogen-bond donors (Lipinski definition) is 1. The lowest BCUT2D eigenvalue weighted by Crippen LogP contribution is -2.16. The van der Waals surface area contributed by atoms with Crippen LogP contribution < -0.4 is 4.72 Å². The van der Waals surface area contributed by atoms with Crippen molar-refractivity contribution in [1.82, 2.24) is 0 Å². The molecule has 0 saturated carbocycles. The Balaban J connectivity index is 2.42. The number of carbonyl (C=O) groups excluding carboxylic acids is 1. The Hall–Kier alpha value is -2.41. The van der Waals surface area contributed by atoms with Crippen LogP contribution >= 0.6 is 0 Å². The van der Waals surface area contributed by atoms with Gasteiger partial charge in [-0.3, -0.25) is 4.72 Å². The number of carbonyl (C=O) groups is 1. The second-order valence-electron chi connectivity index (χ2n) is 4.61. The van der Waals surface area contributed by atoms with Crippen LogP contribution in [0, 0.1) is 12.7 Å². The summed E-state index contributed by atoms with van der Waals surface area (Å²) in [4.78, 5) is 10.8. The average Bonchev–Trinajstić information content (AvgIpc) is 2.46. The van der Waals surface area contributed by atoms with Crippen LogP contribution in [0.15, 0.2) is 47.4 Å². The first-order valence-corrected chi connectivity index (χ1v) is 7.79. The van der Waals surface area contributed by atoms with E-state index >= 15 is 0 Å². The van der Waals surface area contributed by atoms with Crippen LogP contribution in [0.2, 0.25) is 0 Å². The minimum Gasteiger partial charge on any atom is -0.465 e. The van der Waals surface area contributed by atoms with Gasteiger partial charge in [-0.2, -0.15) is 0 Å². The first-order valence-electron chi connectivity index (χ1n) is 6.31. The summed E-state index contributed by atoms with van der Waals surface area (Å²) in [5.74, 6) is -1.69. The molecule has 0 spiro atoms. The Labute approximate surface area is 127 Å². The zero-order valence-corrected chi connectivity index (χ0v) is 12.8. The highest BCUT2D eigenvalue weighted by atomic mass is 32.2. The summed E-state index contributed by atoms with van der Waals surface area (Å²) >= 11 is 0. The van der Waals surface area contributed by atoms with Crippen LogP contribution in [0.3, 0.4) is 0 Å². The zero-order valence-electron chi connectivity index (χ0n) is 12.0. The fourth-order valence-electron chi connectivity index (χ4n) is 1.87. The largest absolute Gasteiger partial charge is 0.465 e. The monoisotopic (exact) mass is 323 g/mol. The Morgan fingerprint density at radius 1 is 1.18 bits per heavy atom. The second kappa shape index (κ2) is 6.15. The van der Waals surface area contributed by atoms with Crippen molar-refractivity contribution in [2.24, 2.45) is 0 Å². The predicted molar refractivity (Wildman–Crippen MR) is 79.7 cm³/mol. The number of benzene rings is 2. The molecule has 116 valence electrons. The van der Waals surface area contributed by atoms with Crippen LogP contribution in [0.4, 0.5) is 10.1 Å². The normalized spacial score (nSPS) is 11.0. The number of rotatable bonds is 4. The van der Waals surface area contributed by atoms with Crippen molar-refractivity contribution in [1.29, 1.82) is 0 Å². The number of esters is 1. The summed E-state index contributed by atoms with van der Waals surface area (Å²) in [5, 5.41) is 0. The first kappa shape index (κ1) is 16.0. The van der Waals surface area contributed by atoms with E-state index < -0.39 is 26.7 Å². The quantitative estimate of drug-likeness (QED) is 0.878. The third-order valence-corrected chi connectivity index (χ3v) is 4.31. The lowest BCUT2D eigenvalue weighted by molar-refractivity contribution is 0.0600. The van der Waals surface area contributed by atoms with Crippen LogP contribution in [-0.4, -0.2) is 21.5 Å². The van der Waals surface area contributed by atoms with Gasteiger partial charge < -0.3 is 4.74 Å². The third-order valence-electron chi connectivity index (χ3n) is 2.91. The van der Waals surface area contributed by atoms with Crippen molar-refractivity contribution in [2.75, 3.05) is 11.8 Å². The van der Waals surface area contributed by atoms with E-state index in [9.17, 15) is 17.6 Å². The average molecular weight is 323 g/mol. The summed E-state index contributed by atoms with van der Waals surface area (Å²) in [6, 6.07) is 9.65. The number of nitrogens with one attached hydrogen (secondary N) is 1. The van der Waals surface area contributed by atoms with Crippen LogP contribution in [-0.2, 0) is 14.8 Å². The molecule has 2 rings (SSSR count). The predicted octanol–water partition coefficient (Wildman–Crippen LogP) is 2.72. The molecule has 0 aliphatic heterocycles. The third kappa shape index (κ3) is 3.43. The molecule has 0 unspecified atom stereocenters. The van der Waals surface area contributed by atoms with Crippen molar-refractivity contribution >= 4 is 21.7 Å². The van der Waals surface area contributed by atoms with Crippen molar-refractivity contribution in [3.8, 4) is 0 Å². The molecule has 1 N–H and O–H groups in total. The molecular weight excluding hydrogens is 309 g/mol. The smallest absolute Gasteiger partial charge is 0.337 e. The summed E-state index contributed by atoms with van der Waals surface area (Å²) in [5.41, 5.74) is 1.11. The molecule has 5 nitrogen and oxygen atoms in total.